The van der Waals surface area contributed by atoms with Crippen molar-refractivity contribution in [2.45, 2.75) is 12.8 Å². The molecule has 0 aliphatic carbocycles. The van der Waals surface area contributed by atoms with Gasteiger partial charge < -0.3 is 11.1 Å². The van der Waals surface area contributed by atoms with Crippen molar-refractivity contribution in [3.05, 3.63) is 24.8 Å². The number of nitrogens with one attached hydrogen (secondary N) is 1. The summed E-state index contributed by atoms with van der Waals surface area (Å²) < 4.78 is 0. The number of primary amides is 1. The molecule has 0 fully saturated rings. The molecule has 0 saturated heterocycles. The van der Waals surface area contributed by atoms with E-state index >= 15 is 0 Å². The molecular weight excluding hydrogens is 152 g/mol. The van der Waals surface area contributed by atoms with Crippen LogP contribution in [-0.2, 0) is 4.79 Å². The van der Waals surface area contributed by atoms with Crippen LogP contribution in [0.4, 0.5) is 0 Å². The Kier molecular flexibility index (Phi) is 6.01. The number of nitrogens with two attached hydrogens (primary N) is 1. The maximum absolute atomic E-state index is 10.5. The zero-order valence-corrected chi connectivity index (χ0v) is 7.31. The van der Waals surface area contributed by atoms with Crippen molar-refractivity contribution in [2.24, 2.45) is 5.73 Å². The number of hydrogen-bond donors (Lipinski definition) is 2. The van der Waals surface area contributed by atoms with Crippen LogP contribution in [0.3, 0.4) is 0 Å². The van der Waals surface area contributed by atoms with Gasteiger partial charge in [0.05, 0.1) is 0 Å². The first-order valence-electron chi connectivity index (χ1n) is 3.97. The molecule has 0 radical (unpaired) electrons. The first-order valence-corrected chi connectivity index (χ1v) is 3.97. The molecule has 68 valence electrons. The van der Waals surface area contributed by atoms with Crippen LogP contribution in [0.15, 0.2) is 24.8 Å². The highest BCUT2D eigenvalue weighted by molar-refractivity contribution is 5.91. The van der Waals surface area contributed by atoms with Crippen LogP contribution in [0, 0.1) is 0 Å². The van der Waals surface area contributed by atoms with E-state index in [4.69, 9.17) is 5.73 Å². The van der Waals surface area contributed by atoms with Gasteiger partial charge in [-0.1, -0.05) is 12.7 Å². The summed E-state index contributed by atoms with van der Waals surface area (Å²) in [5.74, 6) is -0.404. The molecule has 0 bridgehead atoms. The smallest absolute Gasteiger partial charge is 0.244 e. The van der Waals surface area contributed by atoms with Crippen LogP contribution in [0.5, 0.6) is 0 Å². The molecular formula is C9H16N2O. The quantitative estimate of drug-likeness (QED) is 0.332. The van der Waals surface area contributed by atoms with Gasteiger partial charge in [-0.3, -0.25) is 4.79 Å². The maximum atomic E-state index is 10.5. The molecule has 0 aliphatic heterocycles. The lowest BCUT2D eigenvalue weighted by Gasteiger charge is -2.01. The largest absolute Gasteiger partial charge is 0.366 e. The lowest BCUT2D eigenvalue weighted by Crippen LogP contribution is -2.17. The minimum Gasteiger partial charge on any atom is -0.366 e. The summed E-state index contributed by atoms with van der Waals surface area (Å²) in [4.78, 5) is 10.5. The predicted molar refractivity (Wildman–Crippen MR) is 50.6 cm³/mol. The van der Waals surface area contributed by atoms with E-state index in [0.717, 1.165) is 19.5 Å². The van der Waals surface area contributed by atoms with Crippen LogP contribution in [0.1, 0.15) is 12.8 Å². The second-order valence-electron chi connectivity index (χ2n) is 2.56. The Hall–Kier alpha value is -1.09. The third-order valence-corrected chi connectivity index (χ3v) is 1.47. The summed E-state index contributed by atoms with van der Waals surface area (Å²) in [6.45, 7) is 8.77. The Morgan fingerprint density at radius 2 is 2.25 bits per heavy atom. The van der Waals surface area contributed by atoms with Crippen molar-refractivity contribution < 1.29 is 4.79 Å². The number of hydrogen-bond acceptors (Lipinski definition) is 2. The van der Waals surface area contributed by atoms with Gasteiger partial charge in [-0.2, -0.15) is 0 Å². The summed E-state index contributed by atoms with van der Waals surface area (Å²) in [7, 11) is 0. The average molecular weight is 168 g/mol. The van der Waals surface area contributed by atoms with Gasteiger partial charge in [-0.05, 0) is 19.4 Å². The molecule has 0 rings (SSSR count). The highest BCUT2D eigenvalue weighted by Gasteiger charge is 1.99. The molecule has 1 amide bonds. The third kappa shape index (κ3) is 5.68. The Morgan fingerprint density at radius 1 is 1.58 bits per heavy atom. The number of rotatable bonds is 7. The van der Waals surface area contributed by atoms with E-state index in [0.29, 0.717) is 12.0 Å². The summed E-state index contributed by atoms with van der Waals surface area (Å²) in [5.41, 5.74) is 5.50. The van der Waals surface area contributed by atoms with Crippen molar-refractivity contribution >= 4 is 5.91 Å². The monoisotopic (exact) mass is 168 g/mol. The molecule has 3 heteroatoms. The molecule has 12 heavy (non-hydrogen) atoms. The second kappa shape index (κ2) is 6.61. The van der Waals surface area contributed by atoms with Gasteiger partial charge in [-0.25, -0.2) is 0 Å². The van der Waals surface area contributed by atoms with Crippen LogP contribution < -0.4 is 11.1 Å². The molecule has 3 nitrogen and oxygen atoms in total. The molecule has 0 spiro atoms. The zero-order valence-electron chi connectivity index (χ0n) is 7.31. The van der Waals surface area contributed by atoms with Crippen LogP contribution in [0.2, 0.25) is 0 Å². The van der Waals surface area contributed by atoms with Crippen molar-refractivity contribution in [3.63, 3.8) is 0 Å². The summed E-state index contributed by atoms with van der Waals surface area (Å²) >= 11 is 0. The number of amides is 1. The summed E-state index contributed by atoms with van der Waals surface area (Å²) in [5, 5.41) is 3.12. The second-order valence-corrected chi connectivity index (χ2v) is 2.56. The molecule has 0 aliphatic rings. The van der Waals surface area contributed by atoms with Gasteiger partial charge in [0.15, 0.2) is 0 Å². The van der Waals surface area contributed by atoms with Gasteiger partial charge >= 0.3 is 0 Å². The predicted octanol–water partition coefficient (Wildman–Crippen LogP) is 0.584. The van der Waals surface area contributed by atoms with Crippen molar-refractivity contribution in [3.8, 4) is 0 Å². The maximum Gasteiger partial charge on any atom is 0.244 e. The number of carbonyl (C=O) groups is 1. The van der Waals surface area contributed by atoms with Crippen LogP contribution in [-0.4, -0.2) is 19.0 Å². The van der Waals surface area contributed by atoms with E-state index in [9.17, 15) is 4.79 Å². The van der Waals surface area contributed by atoms with E-state index in [1.165, 1.54) is 0 Å². The fourth-order valence-corrected chi connectivity index (χ4v) is 0.754. The Bertz CT molecular complexity index is 175. The molecule has 0 aromatic rings. The Morgan fingerprint density at radius 3 is 2.75 bits per heavy atom. The summed E-state index contributed by atoms with van der Waals surface area (Å²) in [6.07, 6.45) is 3.35. The minimum absolute atomic E-state index is 0.404. The average Bonchev–Trinajstić information content (AvgIpc) is 2.03. The molecule has 0 saturated carbocycles. The lowest BCUT2D eigenvalue weighted by atomic mass is 10.1. The van der Waals surface area contributed by atoms with E-state index < -0.39 is 5.91 Å². The highest BCUT2D eigenvalue weighted by atomic mass is 16.1. The van der Waals surface area contributed by atoms with E-state index in [1.807, 2.05) is 0 Å². The first-order chi connectivity index (χ1) is 5.68. The van der Waals surface area contributed by atoms with Crippen molar-refractivity contribution in [1.82, 2.24) is 5.32 Å². The van der Waals surface area contributed by atoms with Gasteiger partial charge in [-0.15, -0.1) is 6.58 Å². The fraction of sp³-hybridized carbons (Fsp3) is 0.444. The zero-order chi connectivity index (χ0) is 9.40. The molecule has 3 N–H and O–H groups in total. The van der Waals surface area contributed by atoms with Crippen molar-refractivity contribution in [1.29, 1.82) is 0 Å². The Labute approximate surface area is 73.3 Å². The number of carbonyl (C=O) groups excluding carboxylic acids is 1. The van der Waals surface area contributed by atoms with E-state index in [1.54, 1.807) is 6.08 Å². The lowest BCUT2D eigenvalue weighted by molar-refractivity contribution is -0.114. The minimum atomic E-state index is -0.404. The van der Waals surface area contributed by atoms with Crippen LogP contribution in [0.25, 0.3) is 0 Å². The highest BCUT2D eigenvalue weighted by Crippen LogP contribution is 1.99. The van der Waals surface area contributed by atoms with Gasteiger partial charge in [0, 0.05) is 12.1 Å². The first kappa shape index (κ1) is 10.9. The fourth-order valence-electron chi connectivity index (χ4n) is 0.754. The molecule has 0 aromatic carbocycles. The van der Waals surface area contributed by atoms with Gasteiger partial charge in [0.2, 0.25) is 5.91 Å². The standard InChI is InChI=1S/C9H16N2O/c1-3-6-11-7-4-5-8(2)9(10)12/h3,11H,1-2,4-7H2,(H2,10,12). The van der Waals surface area contributed by atoms with Gasteiger partial charge in [0.25, 0.3) is 0 Å². The molecule has 0 aromatic heterocycles. The Balaban J connectivity index is 3.25. The van der Waals surface area contributed by atoms with E-state index in [-0.39, 0.29) is 0 Å². The normalized spacial score (nSPS) is 9.33. The molecule has 0 unspecified atom stereocenters. The molecule has 0 atom stereocenters. The summed E-state index contributed by atoms with van der Waals surface area (Å²) in [6, 6.07) is 0. The molecule has 0 heterocycles. The van der Waals surface area contributed by atoms with Gasteiger partial charge in [0.1, 0.15) is 0 Å². The topological polar surface area (TPSA) is 55.1 Å². The van der Waals surface area contributed by atoms with E-state index in [2.05, 4.69) is 18.5 Å². The van der Waals surface area contributed by atoms with Crippen molar-refractivity contribution in [2.75, 3.05) is 13.1 Å². The SMILES string of the molecule is C=CCNCCCC(=C)C(N)=O. The third-order valence-electron chi connectivity index (χ3n) is 1.47. The van der Waals surface area contributed by atoms with Crippen LogP contribution >= 0.6 is 0 Å².